The molecule has 0 bridgehead atoms. The van der Waals surface area contributed by atoms with E-state index in [-0.39, 0.29) is 10.9 Å². The summed E-state index contributed by atoms with van der Waals surface area (Å²) in [6, 6.07) is 6.47. The molecule has 0 saturated carbocycles. The van der Waals surface area contributed by atoms with Gasteiger partial charge in [0.2, 0.25) is 0 Å². The standard InChI is InChI=1S/C25H43NO4S/c1-3-4-5-6-7-8-9-10-11-12-13-14-17-22(26)20-21-24(30-2)23-18-15-16-19-25(23)31(27,28)29/h10-11,15-16,18-19,22,24H,3-9,12-14,17,20-21,26H2,1-2H3,(H,27,28,29). The van der Waals surface area contributed by atoms with E-state index in [0.717, 1.165) is 32.1 Å². The summed E-state index contributed by atoms with van der Waals surface area (Å²) in [6.07, 6.45) is 19.1. The fourth-order valence-corrected chi connectivity index (χ4v) is 4.59. The van der Waals surface area contributed by atoms with Crippen LogP contribution in [0.5, 0.6) is 0 Å². The highest BCUT2D eigenvalue weighted by Crippen LogP contribution is 2.29. The van der Waals surface area contributed by atoms with Crippen LogP contribution in [0.15, 0.2) is 41.3 Å². The van der Waals surface area contributed by atoms with E-state index < -0.39 is 16.2 Å². The molecule has 0 heterocycles. The number of unbranched alkanes of at least 4 members (excludes halogenated alkanes) is 8. The Morgan fingerprint density at radius 3 is 2.19 bits per heavy atom. The summed E-state index contributed by atoms with van der Waals surface area (Å²) >= 11 is 0. The zero-order chi connectivity index (χ0) is 23.0. The van der Waals surface area contributed by atoms with E-state index in [1.165, 1.54) is 51.0 Å². The Morgan fingerprint density at radius 2 is 1.55 bits per heavy atom. The fraction of sp³-hybridized carbons (Fsp3) is 0.680. The molecule has 2 unspecified atom stereocenters. The molecule has 6 heteroatoms. The van der Waals surface area contributed by atoms with Crippen LogP contribution in [0.25, 0.3) is 0 Å². The molecule has 1 aromatic rings. The van der Waals surface area contributed by atoms with Gasteiger partial charge in [-0.2, -0.15) is 8.42 Å². The summed E-state index contributed by atoms with van der Waals surface area (Å²) in [5, 5.41) is 0. The molecule has 5 nitrogen and oxygen atoms in total. The summed E-state index contributed by atoms with van der Waals surface area (Å²) in [4.78, 5) is -0.0943. The summed E-state index contributed by atoms with van der Waals surface area (Å²) in [5.74, 6) is 0. The molecule has 2 atom stereocenters. The first-order chi connectivity index (χ1) is 14.9. The summed E-state index contributed by atoms with van der Waals surface area (Å²) in [7, 11) is -2.73. The van der Waals surface area contributed by atoms with Crippen LogP contribution >= 0.6 is 0 Å². The predicted molar refractivity (Wildman–Crippen MR) is 129 cm³/mol. The van der Waals surface area contributed by atoms with Crippen molar-refractivity contribution in [2.75, 3.05) is 7.11 Å². The Hall–Kier alpha value is -1.21. The minimum absolute atomic E-state index is 0.0580. The van der Waals surface area contributed by atoms with Crippen LogP contribution in [-0.2, 0) is 14.9 Å². The second-order valence-electron chi connectivity index (χ2n) is 8.39. The van der Waals surface area contributed by atoms with E-state index in [0.29, 0.717) is 12.0 Å². The molecule has 0 amide bonds. The van der Waals surface area contributed by atoms with Crippen molar-refractivity contribution in [1.29, 1.82) is 0 Å². The van der Waals surface area contributed by atoms with Crippen molar-refractivity contribution in [3.05, 3.63) is 42.0 Å². The molecule has 1 rings (SSSR count). The number of benzene rings is 1. The Labute approximate surface area is 190 Å². The van der Waals surface area contributed by atoms with Gasteiger partial charge in [-0.3, -0.25) is 4.55 Å². The maximum absolute atomic E-state index is 11.6. The third-order valence-electron chi connectivity index (χ3n) is 5.71. The summed E-state index contributed by atoms with van der Waals surface area (Å²) < 4.78 is 38.2. The highest BCUT2D eigenvalue weighted by molar-refractivity contribution is 7.85. The molecule has 1 aromatic carbocycles. The first kappa shape index (κ1) is 27.8. The van der Waals surface area contributed by atoms with Gasteiger partial charge in [0.25, 0.3) is 10.1 Å². The lowest BCUT2D eigenvalue weighted by molar-refractivity contribution is 0.0893. The van der Waals surface area contributed by atoms with Gasteiger partial charge in [-0.15, -0.1) is 0 Å². The Balaban J connectivity index is 2.23. The number of hydrogen-bond acceptors (Lipinski definition) is 4. The maximum atomic E-state index is 11.6. The van der Waals surface area contributed by atoms with Gasteiger partial charge < -0.3 is 10.5 Å². The van der Waals surface area contributed by atoms with Crippen LogP contribution in [-0.4, -0.2) is 26.1 Å². The molecular weight excluding hydrogens is 410 g/mol. The molecule has 31 heavy (non-hydrogen) atoms. The van der Waals surface area contributed by atoms with Crippen molar-refractivity contribution in [2.45, 2.75) is 107 Å². The van der Waals surface area contributed by atoms with Crippen molar-refractivity contribution in [2.24, 2.45) is 5.73 Å². The van der Waals surface area contributed by atoms with Crippen LogP contribution in [0.1, 0.15) is 102 Å². The van der Waals surface area contributed by atoms with E-state index in [1.54, 1.807) is 25.3 Å². The zero-order valence-electron chi connectivity index (χ0n) is 19.5. The second kappa shape index (κ2) is 16.4. The fourth-order valence-electron chi connectivity index (χ4n) is 3.84. The third kappa shape index (κ3) is 12.4. The molecule has 3 N–H and O–H groups in total. The van der Waals surface area contributed by atoms with Crippen LogP contribution in [0.2, 0.25) is 0 Å². The van der Waals surface area contributed by atoms with Crippen LogP contribution < -0.4 is 5.73 Å². The number of ether oxygens (including phenoxy) is 1. The molecule has 0 aromatic heterocycles. The Morgan fingerprint density at radius 1 is 0.935 bits per heavy atom. The van der Waals surface area contributed by atoms with Gasteiger partial charge in [0.15, 0.2) is 0 Å². The van der Waals surface area contributed by atoms with Gasteiger partial charge in [0.05, 0.1) is 11.0 Å². The van der Waals surface area contributed by atoms with Crippen molar-refractivity contribution >= 4 is 10.1 Å². The molecule has 0 aliphatic carbocycles. The van der Waals surface area contributed by atoms with Gasteiger partial charge in [-0.25, -0.2) is 0 Å². The second-order valence-corrected chi connectivity index (χ2v) is 9.78. The van der Waals surface area contributed by atoms with Crippen molar-refractivity contribution in [3.63, 3.8) is 0 Å². The highest BCUT2D eigenvalue weighted by atomic mass is 32.2. The molecule has 178 valence electrons. The number of nitrogens with two attached hydrogens (primary N) is 1. The lowest BCUT2D eigenvalue weighted by Gasteiger charge is -2.20. The molecule has 0 aliphatic heterocycles. The van der Waals surface area contributed by atoms with Gasteiger partial charge in [0.1, 0.15) is 0 Å². The van der Waals surface area contributed by atoms with Crippen molar-refractivity contribution in [3.8, 4) is 0 Å². The highest BCUT2D eigenvalue weighted by Gasteiger charge is 2.22. The van der Waals surface area contributed by atoms with Crippen molar-refractivity contribution < 1.29 is 17.7 Å². The van der Waals surface area contributed by atoms with Gasteiger partial charge >= 0.3 is 0 Å². The number of hydrogen-bond donors (Lipinski definition) is 2. The van der Waals surface area contributed by atoms with E-state index >= 15 is 0 Å². The average Bonchev–Trinajstić information content (AvgIpc) is 2.74. The zero-order valence-corrected chi connectivity index (χ0v) is 20.3. The molecule has 0 fully saturated rings. The van der Waals surface area contributed by atoms with E-state index in [4.69, 9.17) is 10.5 Å². The minimum Gasteiger partial charge on any atom is -0.377 e. The molecular formula is C25H43NO4S. The van der Waals surface area contributed by atoms with Crippen LogP contribution in [0, 0.1) is 0 Å². The first-order valence-electron chi connectivity index (χ1n) is 11.9. The molecule has 0 aliphatic rings. The van der Waals surface area contributed by atoms with E-state index in [1.807, 2.05) is 0 Å². The number of methoxy groups -OCH3 is 1. The largest absolute Gasteiger partial charge is 0.377 e. The summed E-state index contributed by atoms with van der Waals surface area (Å²) in [5.41, 5.74) is 6.75. The molecule has 0 saturated heterocycles. The van der Waals surface area contributed by atoms with Gasteiger partial charge in [-0.05, 0) is 51.0 Å². The van der Waals surface area contributed by atoms with Crippen LogP contribution in [0.4, 0.5) is 0 Å². The van der Waals surface area contributed by atoms with Gasteiger partial charge in [0, 0.05) is 18.7 Å². The van der Waals surface area contributed by atoms with E-state index in [9.17, 15) is 13.0 Å². The third-order valence-corrected chi connectivity index (χ3v) is 6.64. The molecule has 0 spiro atoms. The normalized spacial score (nSPS) is 14.2. The van der Waals surface area contributed by atoms with Crippen LogP contribution in [0.3, 0.4) is 0 Å². The number of rotatable bonds is 18. The quantitative estimate of drug-likeness (QED) is 0.148. The number of allylic oxidation sites excluding steroid dienone is 2. The minimum atomic E-state index is -4.28. The first-order valence-corrected chi connectivity index (χ1v) is 13.3. The lowest BCUT2D eigenvalue weighted by Crippen LogP contribution is -2.21. The maximum Gasteiger partial charge on any atom is 0.294 e. The Bertz CT molecular complexity index is 718. The average molecular weight is 454 g/mol. The van der Waals surface area contributed by atoms with Gasteiger partial charge in [-0.1, -0.05) is 75.8 Å². The monoisotopic (exact) mass is 453 g/mol. The lowest BCUT2D eigenvalue weighted by atomic mass is 9.98. The van der Waals surface area contributed by atoms with Crippen molar-refractivity contribution in [1.82, 2.24) is 0 Å². The smallest absolute Gasteiger partial charge is 0.294 e. The molecule has 0 radical (unpaired) electrons. The SMILES string of the molecule is CCCCCCCCC=CCCCCC(N)CCC(OC)c1ccccc1S(=O)(=O)O. The van der Waals surface area contributed by atoms with E-state index in [2.05, 4.69) is 19.1 Å². The summed E-state index contributed by atoms with van der Waals surface area (Å²) in [6.45, 7) is 2.25. The topological polar surface area (TPSA) is 89.6 Å². The predicted octanol–water partition coefficient (Wildman–Crippen LogP) is 6.60. The Kier molecular flexibility index (Phi) is 14.7.